The van der Waals surface area contributed by atoms with Crippen molar-refractivity contribution in [1.29, 1.82) is 0 Å². The van der Waals surface area contributed by atoms with Crippen LogP contribution in [0.4, 0.5) is 0 Å². The Kier molecular flexibility index (Phi) is 4.74. The van der Waals surface area contributed by atoms with Gasteiger partial charge in [-0.1, -0.05) is 32.9 Å². The van der Waals surface area contributed by atoms with Crippen molar-refractivity contribution in [2.45, 2.75) is 59.0 Å². The van der Waals surface area contributed by atoms with Gasteiger partial charge in [0.25, 0.3) is 0 Å². The molecule has 1 aromatic carbocycles. The Labute approximate surface area is 123 Å². The van der Waals surface area contributed by atoms with Crippen LogP contribution < -0.4 is 10.1 Å². The number of methoxy groups -OCH3 is 1. The summed E-state index contributed by atoms with van der Waals surface area (Å²) in [4.78, 5) is 0. The molecule has 0 aromatic heterocycles. The Morgan fingerprint density at radius 2 is 1.90 bits per heavy atom. The van der Waals surface area contributed by atoms with E-state index in [1.807, 2.05) is 12.1 Å². The highest BCUT2D eigenvalue weighted by atomic mass is 16.5. The third-order valence-corrected chi connectivity index (χ3v) is 4.77. The van der Waals surface area contributed by atoms with Gasteiger partial charge in [-0.15, -0.1) is 0 Å². The molecule has 1 saturated carbocycles. The zero-order valence-electron chi connectivity index (χ0n) is 13.6. The Balaban J connectivity index is 1.95. The molecule has 0 saturated heterocycles. The maximum atomic E-state index is 5.22. The van der Waals surface area contributed by atoms with E-state index in [-0.39, 0.29) is 0 Å². The van der Waals surface area contributed by atoms with E-state index in [2.05, 4.69) is 45.1 Å². The van der Waals surface area contributed by atoms with Crippen molar-refractivity contribution in [3.8, 4) is 5.75 Å². The lowest BCUT2D eigenvalue weighted by atomic mass is 9.70. The van der Waals surface area contributed by atoms with E-state index in [1.54, 1.807) is 7.11 Å². The largest absolute Gasteiger partial charge is 0.497 e. The van der Waals surface area contributed by atoms with Crippen LogP contribution >= 0.6 is 0 Å². The third kappa shape index (κ3) is 3.76. The van der Waals surface area contributed by atoms with E-state index >= 15 is 0 Å². The maximum Gasteiger partial charge on any atom is 0.118 e. The van der Waals surface area contributed by atoms with Crippen LogP contribution in [-0.4, -0.2) is 13.2 Å². The number of rotatable bonds is 4. The lowest BCUT2D eigenvalue weighted by Gasteiger charge is -2.40. The average Bonchev–Trinajstić information content (AvgIpc) is 2.41. The van der Waals surface area contributed by atoms with Gasteiger partial charge >= 0.3 is 0 Å². The van der Waals surface area contributed by atoms with Crippen LogP contribution in [0.5, 0.6) is 5.75 Å². The first-order chi connectivity index (χ1) is 9.41. The van der Waals surface area contributed by atoms with Crippen LogP contribution in [0.25, 0.3) is 0 Å². The standard InChI is InChI=1S/C18H29NO/c1-13-12-18(3,4)11-10-17(13)19-14(2)15-6-8-16(20-5)9-7-15/h6-9,13-14,17,19H,10-12H2,1-5H3/t13?,14-,17?/m0/s1. The molecule has 2 nitrogen and oxygen atoms in total. The second-order valence-electron chi connectivity index (χ2n) is 7.15. The van der Waals surface area contributed by atoms with Gasteiger partial charge in [0.1, 0.15) is 5.75 Å². The fraction of sp³-hybridized carbons (Fsp3) is 0.667. The van der Waals surface area contributed by atoms with Crippen LogP contribution in [0.15, 0.2) is 24.3 Å². The topological polar surface area (TPSA) is 21.3 Å². The molecule has 1 fully saturated rings. The SMILES string of the molecule is COc1ccc([C@H](C)NC2CCC(C)(C)CC2C)cc1. The van der Waals surface area contributed by atoms with Gasteiger partial charge < -0.3 is 10.1 Å². The first kappa shape index (κ1) is 15.4. The Hall–Kier alpha value is -1.02. The molecule has 0 heterocycles. The van der Waals surface area contributed by atoms with Gasteiger partial charge in [-0.2, -0.15) is 0 Å². The monoisotopic (exact) mass is 275 g/mol. The molecular formula is C18H29NO. The molecule has 0 spiro atoms. The highest BCUT2D eigenvalue weighted by Gasteiger charge is 2.32. The summed E-state index contributed by atoms with van der Waals surface area (Å²) >= 11 is 0. The van der Waals surface area contributed by atoms with Gasteiger partial charge in [0.15, 0.2) is 0 Å². The molecule has 2 unspecified atom stereocenters. The van der Waals surface area contributed by atoms with E-state index in [0.29, 0.717) is 17.5 Å². The van der Waals surface area contributed by atoms with Crippen molar-refractivity contribution in [2.75, 3.05) is 7.11 Å². The molecule has 2 rings (SSSR count). The van der Waals surface area contributed by atoms with Crippen molar-refractivity contribution in [2.24, 2.45) is 11.3 Å². The second kappa shape index (κ2) is 6.17. The minimum absolute atomic E-state index is 0.398. The predicted octanol–water partition coefficient (Wildman–Crippen LogP) is 4.56. The van der Waals surface area contributed by atoms with Crippen molar-refractivity contribution in [3.05, 3.63) is 29.8 Å². The normalized spacial score (nSPS) is 27.1. The van der Waals surface area contributed by atoms with Crippen LogP contribution in [0.3, 0.4) is 0 Å². The number of ether oxygens (including phenoxy) is 1. The van der Waals surface area contributed by atoms with Gasteiger partial charge in [0.2, 0.25) is 0 Å². The van der Waals surface area contributed by atoms with Crippen molar-refractivity contribution in [1.82, 2.24) is 5.32 Å². The fourth-order valence-corrected chi connectivity index (χ4v) is 3.50. The number of hydrogen-bond acceptors (Lipinski definition) is 2. The lowest BCUT2D eigenvalue weighted by molar-refractivity contribution is 0.143. The average molecular weight is 275 g/mol. The number of nitrogens with one attached hydrogen (secondary N) is 1. The van der Waals surface area contributed by atoms with Crippen molar-refractivity contribution in [3.63, 3.8) is 0 Å². The highest BCUT2D eigenvalue weighted by molar-refractivity contribution is 5.28. The molecule has 112 valence electrons. The smallest absolute Gasteiger partial charge is 0.118 e. The summed E-state index contributed by atoms with van der Waals surface area (Å²) in [5.74, 6) is 1.67. The molecule has 20 heavy (non-hydrogen) atoms. The third-order valence-electron chi connectivity index (χ3n) is 4.77. The zero-order valence-corrected chi connectivity index (χ0v) is 13.6. The van der Waals surface area contributed by atoms with Crippen LogP contribution in [-0.2, 0) is 0 Å². The number of benzene rings is 1. The molecule has 2 heteroatoms. The minimum atomic E-state index is 0.398. The summed E-state index contributed by atoms with van der Waals surface area (Å²) in [7, 11) is 1.71. The minimum Gasteiger partial charge on any atom is -0.497 e. The molecule has 1 aliphatic rings. The van der Waals surface area contributed by atoms with Crippen molar-refractivity contribution < 1.29 is 4.74 Å². The first-order valence-corrected chi connectivity index (χ1v) is 7.81. The molecule has 1 aliphatic carbocycles. The second-order valence-corrected chi connectivity index (χ2v) is 7.15. The maximum absolute atomic E-state index is 5.22. The molecule has 3 atom stereocenters. The molecular weight excluding hydrogens is 246 g/mol. The van der Waals surface area contributed by atoms with Gasteiger partial charge in [0.05, 0.1) is 7.11 Å². The Morgan fingerprint density at radius 1 is 1.25 bits per heavy atom. The van der Waals surface area contributed by atoms with E-state index in [9.17, 15) is 0 Å². The first-order valence-electron chi connectivity index (χ1n) is 7.81. The summed E-state index contributed by atoms with van der Waals surface area (Å²) < 4.78 is 5.22. The van der Waals surface area contributed by atoms with E-state index in [1.165, 1.54) is 24.8 Å². The van der Waals surface area contributed by atoms with E-state index in [4.69, 9.17) is 4.74 Å². The Bertz CT molecular complexity index is 424. The van der Waals surface area contributed by atoms with Crippen molar-refractivity contribution >= 4 is 0 Å². The fourth-order valence-electron chi connectivity index (χ4n) is 3.50. The molecule has 0 radical (unpaired) electrons. The quantitative estimate of drug-likeness (QED) is 0.869. The van der Waals surface area contributed by atoms with Gasteiger partial charge in [-0.05, 0) is 55.2 Å². The van der Waals surface area contributed by atoms with Crippen LogP contribution in [0.1, 0.15) is 58.6 Å². The molecule has 0 amide bonds. The summed E-state index contributed by atoms with van der Waals surface area (Å²) in [5, 5.41) is 3.82. The number of hydrogen-bond donors (Lipinski definition) is 1. The van der Waals surface area contributed by atoms with E-state index in [0.717, 1.165) is 11.7 Å². The highest BCUT2D eigenvalue weighted by Crippen LogP contribution is 2.39. The van der Waals surface area contributed by atoms with Gasteiger partial charge in [-0.3, -0.25) is 0 Å². The van der Waals surface area contributed by atoms with Gasteiger partial charge in [-0.25, -0.2) is 0 Å². The summed E-state index contributed by atoms with van der Waals surface area (Å²) in [6.45, 7) is 9.44. The van der Waals surface area contributed by atoms with Crippen LogP contribution in [0.2, 0.25) is 0 Å². The summed E-state index contributed by atoms with van der Waals surface area (Å²) in [6, 6.07) is 9.44. The predicted molar refractivity (Wildman–Crippen MR) is 85.1 cm³/mol. The zero-order chi connectivity index (χ0) is 14.8. The lowest BCUT2D eigenvalue weighted by Crippen LogP contribution is -2.42. The molecule has 0 bridgehead atoms. The van der Waals surface area contributed by atoms with Crippen LogP contribution in [0, 0.1) is 11.3 Å². The Morgan fingerprint density at radius 3 is 2.45 bits per heavy atom. The molecule has 0 aliphatic heterocycles. The summed E-state index contributed by atoms with van der Waals surface area (Å²) in [6.07, 6.45) is 3.93. The molecule has 1 aromatic rings. The summed E-state index contributed by atoms with van der Waals surface area (Å²) in [5.41, 5.74) is 1.85. The molecule has 1 N–H and O–H groups in total. The van der Waals surface area contributed by atoms with E-state index < -0.39 is 0 Å². The van der Waals surface area contributed by atoms with Gasteiger partial charge in [0, 0.05) is 12.1 Å².